The van der Waals surface area contributed by atoms with Crippen molar-refractivity contribution in [2.75, 3.05) is 7.05 Å². The maximum atomic E-state index is 8.79. The number of nitriles is 1. The van der Waals surface area contributed by atoms with Crippen molar-refractivity contribution in [2.24, 2.45) is 0 Å². The highest BCUT2D eigenvalue weighted by molar-refractivity contribution is 9.10. The number of rotatable bonds is 2. The molecule has 0 radical (unpaired) electrons. The van der Waals surface area contributed by atoms with E-state index in [1.54, 1.807) is 13.1 Å². The summed E-state index contributed by atoms with van der Waals surface area (Å²) in [6.07, 6.45) is 0. The first-order chi connectivity index (χ1) is 6.19. The quantitative estimate of drug-likeness (QED) is 0.886. The lowest BCUT2D eigenvalue weighted by atomic mass is 10.1. The minimum atomic E-state index is -0.347. The van der Waals surface area contributed by atoms with Gasteiger partial charge in [-0.1, -0.05) is 33.6 Å². The van der Waals surface area contributed by atoms with Crippen molar-refractivity contribution in [1.82, 2.24) is 5.32 Å². The number of hydrogen-bond acceptors (Lipinski definition) is 2. The van der Waals surface area contributed by atoms with Gasteiger partial charge in [0, 0.05) is 15.1 Å². The molecule has 0 amide bonds. The molecule has 68 valence electrons. The van der Waals surface area contributed by atoms with E-state index in [1.165, 1.54) is 0 Å². The molecule has 1 aromatic carbocycles. The largest absolute Gasteiger partial charge is 0.301 e. The van der Waals surface area contributed by atoms with Gasteiger partial charge in [0.15, 0.2) is 0 Å². The van der Waals surface area contributed by atoms with Crippen molar-refractivity contribution < 1.29 is 0 Å². The summed E-state index contributed by atoms with van der Waals surface area (Å²) in [5.41, 5.74) is 0.801. The second kappa shape index (κ2) is 4.61. The van der Waals surface area contributed by atoms with Gasteiger partial charge in [-0.05, 0) is 19.2 Å². The summed E-state index contributed by atoms with van der Waals surface area (Å²) in [7, 11) is 1.73. The van der Waals surface area contributed by atoms with Crippen molar-refractivity contribution >= 4 is 27.5 Å². The van der Waals surface area contributed by atoms with Crippen LogP contribution >= 0.6 is 27.5 Å². The number of hydrogen-bond donors (Lipinski definition) is 1. The summed E-state index contributed by atoms with van der Waals surface area (Å²) in [4.78, 5) is 0. The topological polar surface area (TPSA) is 35.8 Å². The maximum Gasteiger partial charge on any atom is 0.122 e. The number of halogens is 2. The van der Waals surface area contributed by atoms with Crippen molar-refractivity contribution in [1.29, 1.82) is 5.26 Å². The molecule has 0 fully saturated rings. The molecule has 4 heteroatoms. The summed E-state index contributed by atoms with van der Waals surface area (Å²) in [6, 6.07) is 7.24. The van der Waals surface area contributed by atoms with E-state index in [1.807, 2.05) is 12.1 Å². The molecule has 0 bridgehead atoms. The fraction of sp³-hybridized carbons (Fsp3) is 0.222. The Morgan fingerprint density at radius 1 is 1.62 bits per heavy atom. The SMILES string of the molecule is CNC(C#N)c1ccc(Br)cc1Cl. The number of nitrogens with zero attached hydrogens (tertiary/aromatic N) is 1. The van der Waals surface area contributed by atoms with E-state index in [0.717, 1.165) is 10.0 Å². The third-order valence-electron chi connectivity index (χ3n) is 1.69. The molecule has 0 aromatic heterocycles. The van der Waals surface area contributed by atoms with Crippen LogP contribution in [0.1, 0.15) is 11.6 Å². The van der Waals surface area contributed by atoms with Gasteiger partial charge in [0.05, 0.1) is 6.07 Å². The van der Waals surface area contributed by atoms with Crippen molar-refractivity contribution in [3.63, 3.8) is 0 Å². The smallest absolute Gasteiger partial charge is 0.122 e. The standard InChI is InChI=1S/C9H8BrClN2/c1-13-9(5-12)7-3-2-6(10)4-8(7)11/h2-4,9,13H,1H3. The number of benzene rings is 1. The van der Waals surface area contributed by atoms with Gasteiger partial charge in [-0.25, -0.2) is 0 Å². The summed E-state index contributed by atoms with van der Waals surface area (Å²) in [5, 5.41) is 12.3. The van der Waals surface area contributed by atoms with Crippen LogP contribution in [0.4, 0.5) is 0 Å². The Morgan fingerprint density at radius 3 is 2.77 bits per heavy atom. The monoisotopic (exact) mass is 258 g/mol. The van der Waals surface area contributed by atoms with Crippen LogP contribution in [-0.4, -0.2) is 7.05 Å². The molecule has 0 aliphatic carbocycles. The third-order valence-corrected chi connectivity index (χ3v) is 2.51. The first kappa shape index (κ1) is 10.5. The molecule has 1 rings (SSSR count). The van der Waals surface area contributed by atoms with Crippen LogP contribution in [0.25, 0.3) is 0 Å². The van der Waals surface area contributed by atoms with Crippen LogP contribution in [0, 0.1) is 11.3 Å². The molecule has 1 N–H and O–H groups in total. The third kappa shape index (κ3) is 2.44. The zero-order valence-electron chi connectivity index (χ0n) is 7.01. The van der Waals surface area contributed by atoms with Crippen LogP contribution in [0.2, 0.25) is 5.02 Å². The van der Waals surface area contributed by atoms with Crippen molar-refractivity contribution in [2.45, 2.75) is 6.04 Å². The zero-order valence-corrected chi connectivity index (χ0v) is 9.35. The summed E-state index contributed by atoms with van der Waals surface area (Å²) in [5.74, 6) is 0. The second-order valence-electron chi connectivity index (χ2n) is 2.52. The Morgan fingerprint density at radius 2 is 2.31 bits per heavy atom. The predicted molar refractivity (Wildman–Crippen MR) is 56.6 cm³/mol. The Bertz CT molecular complexity index is 346. The Kier molecular flexibility index (Phi) is 3.73. The maximum absolute atomic E-state index is 8.79. The van der Waals surface area contributed by atoms with Gasteiger partial charge in [-0.2, -0.15) is 5.26 Å². The number of nitrogens with one attached hydrogen (secondary N) is 1. The highest BCUT2D eigenvalue weighted by atomic mass is 79.9. The van der Waals surface area contributed by atoms with Gasteiger partial charge in [0.25, 0.3) is 0 Å². The van der Waals surface area contributed by atoms with E-state index in [2.05, 4.69) is 27.3 Å². The highest BCUT2D eigenvalue weighted by Crippen LogP contribution is 2.25. The zero-order chi connectivity index (χ0) is 9.84. The normalized spacial score (nSPS) is 12.2. The molecule has 13 heavy (non-hydrogen) atoms. The van der Waals surface area contributed by atoms with Crippen molar-refractivity contribution in [3.05, 3.63) is 33.3 Å². The Balaban J connectivity index is 3.09. The van der Waals surface area contributed by atoms with E-state index >= 15 is 0 Å². The van der Waals surface area contributed by atoms with Crippen LogP contribution in [0.3, 0.4) is 0 Å². The van der Waals surface area contributed by atoms with E-state index in [9.17, 15) is 0 Å². The molecule has 0 saturated carbocycles. The van der Waals surface area contributed by atoms with E-state index in [0.29, 0.717) is 5.02 Å². The van der Waals surface area contributed by atoms with Gasteiger partial charge in [-0.15, -0.1) is 0 Å². The summed E-state index contributed by atoms with van der Waals surface area (Å²) >= 11 is 9.26. The molecule has 1 aromatic rings. The van der Waals surface area contributed by atoms with Gasteiger partial charge < -0.3 is 5.32 Å². The molecule has 0 aliphatic heterocycles. The van der Waals surface area contributed by atoms with Gasteiger partial charge in [0.2, 0.25) is 0 Å². The van der Waals surface area contributed by atoms with Crippen LogP contribution in [0.5, 0.6) is 0 Å². The summed E-state index contributed by atoms with van der Waals surface area (Å²) in [6.45, 7) is 0. The lowest BCUT2D eigenvalue weighted by Gasteiger charge is -2.09. The molecule has 0 heterocycles. The first-order valence-electron chi connectivity index (χ1n) is 3.71. The minimum Gasteiger partial charge on any atom is -0.301 e. The van der Waals surface area contributed by atoms with E-state index < -0.39 is 0 Å². The van der Waals surface area contributed by atoms with Crippen LogP contribution in [-0.2, 0) is 0 Å². The Hall–Kier alpha value is -0.560. The fourth-order valence-electron chi connectivity index (χ4n) is 1.03. The van der Waals surface area contributed by atoms with Gasteiger partial charge >= 0.3 is 0 Å². The average Bonchev–Trinajstić information content (AvgIpc) is 2.10. The molecule has 0 aliphatic rings. The van der Waals surface area contributed by atoms with Crippen molar-refractivity contribution in [3.8, 4) is 6.07 Å². The van der Waals surface area contributed by atoms with Gasteiger partial charge in [0.1, 0.15) is 6.04 Å². The average molecular weight is 260 g/mol. The first-order valence-corrected chi connectivity index (χ1v) is 4.88. The highest BCUT2D eigenvalue weighted by Gasteiger charge is 2.11. The molecule has 1 unspecified atom stereocenters. The van der Waals surface area contributed by atoms with Gasteiger partial charge in [-0.3, -0.25) is 0 Å². The van der Waals surface area contributed by atoms with E-state index in [4.69, 9.17) is 16.9 Å². The lowest BCUT2D eigenvalue weighted by Crippen LogP contribution is -2.14. The molecule has 2 nitrogen and oxygen atoms in total. The second-order valence-corrected chi connectivity index (χ2v) is 3.84. The Labute approximate surface area is 90.6 Å². The predicted octanol–water partition coefficient (Wildman–Crippen LogP) is 2.89. The van der Waals surface area contributed by atoms with Crippen LogP contribution in [0.15, 0.2) is 22.7 Å². The molecule has 1 atom stereocenters. The summed E-state index contributed by atoms with van der Waals surface area (Å²) < 4.78 is 0.911. The van der Waals surface area contributed by atoms with E-state index in [-0.39, 0.29) is 6.04 Å². The molecular weight excluding hydrogens is 251 g/mol. The fourth-order valence-corrected chi connectivity index (χ4v) is 1.81. The lowest BCUT2D eigenvalue weighted by molar-refractivity contribution is 0.727. The minimum absolute atomic E-state index is 0.347. The molecule has 0 spiro atoms. The van der Waals surface area contributed by atoms with Crippen LogP contribution < -0.4 is 5.32 Å². The molecular formula is C9H8BrClN2. The molecule has 0 saturated heterocycles.